The number of benzene rings is 1. The average Bonchev–Trinajstić information content (AvgIpc) is 2.68. The predicted octanol–water partition coefficient (Wildman–Crippen LogP) is 2.88. The second kappa shape index (κ2) is 5.92. The molecule has 1 aliphatic heterocycles. The smallest absolute Gasteiger partial charge is 0.253 e. The van der Waals surface area contributed by atoms with Gasteiger partial charge in [-0.25, -0.2) is 0 Å². The van der Waals surface area contributed by atoms with Gasteiger partial charge in [0.25, 0.3) is 5.91 Å². The molecule has 19 heavy (non-hydrogen) atoms. The highest BCUT2D eigenvalue weighted by Crippen LogP contribution is 2.28. The molecular formula is C13H15BrClN3O. The van der Waals surface area contributed by atoms with Gasteiger partial charge < -0.3 is 5.32 Å². The second-order valence-corrected chi connectivity index (χ2v) is 6.11. The van der Waals surface area contributed by atoms with Gasteiger partial charge in [0.2, 0.25) is 0 Å². The zero-order chi connectivity index (χ0) is 14.0. The summed E-state index contributed by atoms with van der Waals surface area (Å²) in [6, 6.07) is 4.93. The summed E-state index contributed by atoms with van der Waals surface area (Å²) in [5.41, 5.74) is 0.844. The molecule has 1 amide bonds. The Balaban J connectivity index is 2.18. The number of carbonyl (C=O) groups is 1. The van der Waals surface area contributed by atoms with Gasteiger partial charge in [0, 0.05) is 16.0 Å². The van der Waals surface area contributed by atoms with E-state index in [1.807, 2.05) is 6.07 Å². The molecule has 1 unspecified atom stereocenters. The molecule has 102 valence electrons. The molecule has 0 spiro atoms. The van der Waals surface area contributed by atoms with Crippen molar-refractivity contribution in [3.8, 4) is 0 Å². The first-order valence-corrected chi connectivity index (χ1v) is 7.21. The number of rotatable bonds is 3. The maximum Gasteiger partial charge on any atom is 0.253 e. The van der Waals surface area contributed by atoms with Crippen LogP contribution in [0, 0.1) is 5.92 Å². The van der Waals surface area contributed by atoms with Gasteiger partial charge in [-0.2, -0.15) is 0 Å². The SMILES string of the molecule is CC(C)CN=C1NC(=O)C(c2ccc(Cl)cc2Br)N1. The van der Waals surface area contributed by atoms with Crippen LogP contribution < -0.4 is 10.6 Å². The molecule has 1 fully saturated rings. The lowest BCUT2D eigenvalue weighted by Gasteiger charge is -2.10. The average molecular weight is 345 g/mol. The topological polar surface area (TPSA) is 53.5 Å². The molecule has 0 aromatic heterocycles. The summed E-state index contributed by atoms with van der Waals surface area (Å²) in [6.45, 7) is 4.83. The molecule has 0 bridgehead atoms. The van der Waals surface area contributed by atoms with Gasteiger partial charge in [-0.05, 0) is 23.6 Å². The summed E-state index contributed by atoms with van der Waals surface area (Å²) in [6.07, 6.45) is 0. The summed E-state index contributed by atoms with van der Waals surface area (Å²) < 4.78 is 0.803. The Hall–Kier alpha value is -1.07. The molecule has 6 heteroatoms. The summed E-state index contributed by atoms with van der Waals surface area (Å²) in [7, 11) is 0. The third-order valence-corrected chi connectivity index (χ3v) is 3.59. The van der Waals surface area contributed by atoms with E-state index in [0.29, 0.717) is 23.4 Å². The molecule has 0 aliphatic carbocycles. The Kier molecular flexibility index (Phi) is 4.47. The Morgan fingerprint density at radius 1 is 1.47 bits per heavy atom. The van der Waals surface area contributed by atoms with E-state index in [4.69, 9.17) is 11.6 Å². The summed E-state index contributed by atoms with van der Waals surface area (Å²) >= 11 is 9.32. The second-order valence-electron chi connectivity index (χ2n) is 4.82. The molecule has 1 aromatic rings. The van der Waals surface area contributed by atoms with Crippen LogP contribution in [0.5, 0.6) is 0 Å². The first kappa shape index (κ1) is 14.3. The first-order chi connectivity index (χ1) is 8.97. The highest BCUT2D eigenvalue weighted by Gasteiger charge is 2.30. The maximum atomic E-state index is 12.0. The van der Waals surface area contributed by atoms with Crippen molar-refractivity contribution in [3.63, 3.8) is 0 Å². The monoisotopic (exact) mass is 343 g/mol. The van der Waals surface area contributed by atoms with Crippen molar-refractivity contribution in [2.45, 2.75) is 19.9 Å². The van der Waals surface area contributed by atoms with Gasteiger partial charge in [-0.3, -0.25) is 15.1 Å². The number of aliphatic imine (C=N–C) groups is 1. The quantitative estimate of drug-likeness (QED) is 0.886. The van der Waals surface area contributed by atoms with E-state index in [2.05, 4.69) is 45.4 Å². The van der Waals surface area contributed by atoms with E-state index in [0.717, 1.165) is 10.0 Å². The van der Waals surface area contributed by atoms with E-state index in [-0.39, 0.29) is 5.91 Å². The third-order valence-electron chi connectivity index (χ3n) is 2.67. The number of nitrogens with zero attached hydrogens (tertiary/aromatic N) is 1. The molecule has 1 saturated heterocycles. The molecule has 2 rings (SSSR count). The van der Waals surface area contributed by atoms with E-state index in [1.165, 1.54) is 0 Å². The van der Waals surface area contributed by atoms with Gasteiger partial charge in [0.05, 0.1) is 0 Å². The van der Waals surface area contributed by atoms with Crippen LogP contribution in [0.1, 0.15) is 25.5 Å². The van der Waals surface area contributed by atoms with Crippen molar-refractivity contribution >= 4 is 39.4 Å². The van der Waals surface area contributed by atoms with Gasteiger partial charge >= 0.3 is 0 Å². The molecule has 1 aliphatic rings. The fourth-order valence-electron chi connectivity index (χ4n) is 1.74. The zero-order valence-electron chi connectivity index (χ0n) is 10.7. The maximum absolute atomic E-state index is 12.0. The minimum absolute atomic E-state index is 0.106. The van der Waals surface area contributed by atoms with Crippen molar-refractivity contribution in [1.82, 2.24) is 10.6 Å². The summed E-state index contributed by atoms with van der Waals surface area (Å²) in [4.78, 5) is 16.3. The Morgan fingerprint density at radius 3 is 2.84 bits per heavy atom. The van der Waals surface area contributed by atoms with E-state index in [1.54, 1.807) is 12.1 Å². The summed E-state index contributed by atoms with van der Waals surface area (Å²) in [5, 5.41) is 6.46. The number of amides is 1. The number of nitrogens with one attached hydrogen (secondary N) is 2. The molecule has 1 aromatic carbocycles. The number of hydrogen-bond donors (Lipinski definition) is 2. The zero-order valence-corrected chi connectivity index (χ0v) is 13.0. The summed E-state index contributed by atoms with van der Waals surface area (Å²) in [5.74, 6) is 0.878. The number of carbonyl (C=O) groups excluding carboxylic acids is 1. The number of hydrogen-bond acceptors (Lipinski definition) is 2. The lowest BCUT2D eigenvalue weighted by Crippen LogP contribution is -2.26. The van der Waals surface area contributed by atoms with E-state index >= 15 is 0 Å². The predicted molar refractivity (Wildman–Crippen MR) is 80.3 cm³/mol. The van der Waals surface area contributed by atoms with Gasteiger partial charge in [0.15, 0.2) is 5.96 Å². The van der Waals surface area contributed by atoms with Crippen LogP contribution in [0.25, 0.3) is 0 Å². The van der Waals surface area contributed by atoms with Crippen LogP contribution in [0.3, 0.4) is 0 Å². The van der Waals surface area contributed by atoms with Crippen LogP contribution >= 0.6 is 27.5 Å². The van der Waals surface area contributed by atoms with Crippen LogP contribution in [-0.2, 0) is 4.79 Å². The lowest BCUT2D eigenvalue weighted by atomic mass is 10.1. The first-order valence-electron chi connectivity index (χ1n) is 6.04. The van der Waals surface area contributed by atoms with Crippen molar-refractivity contribution in [3.05, 3.63) is 33.3 Å². The molecule has 0 saturated carbocycles. The molecule has 1 heterocycles. The molecule has 0 radical (unpaired) electrons. The molecule has 2 N–H and O–H groups in total. The van der Waals surface area contributed by atoms with Gasteiger partial charge in [-0.15, -0.1) is 0 Å². The van der Waals surface area contributed by atoms with Crippen LogP contribution in [-0.4, -0.2) is 18.4 Å². The van der Waals surface area contributed by atoms with Gasteiger partial charge in [0.1, 0.15) is 6.04 Å². The van der Waals surface area contributed by atoms with Gasteiger partial charge in [-0.1, -0.05) is 47.4 Å². The number of guanidine groups is 1. The number of halogens is 2. The standard InChI is InChI=1S/C13H15BrClN3O/c1-7(2)6-16-13-17-11(12(19)18-13)9-4-3-8(15)5-10(9)14/h3-5,7,11H,6H2,1-2H3,(H2,16,17,18,19). The highest BCUT2D eigenvalue weighted by molar-refractivity contribution is 9.10. The molecular weight excluding hydrogens is 330 g/mol. The van der Waals surface area contributed by atoms with E-state index in [9.17, 15) is 4.79 Å². The van der Waals surface area contributed by atoms with Crippen LogP contribution in [0.15, 0.2) is 27.7 Å². The highest BCUT2D eigenvalue weighted by atomic mass is 79.9. The Bertz CT molecular complexity index is 531. The molecule has 4 nitrogen and oxygen atoms in total. The third kappa shape index (κ3) is 3.48. The minimum atomic E-state index is -0.433. The minimum Gasteiger partial charge on any atom is -0.340 e. The van der Waals surface area contributed by atoms with Crippen molar-refractivity contribution in [2.24, 2.45) is 10.9 Å². The van der Waals surface area contributed by atoms with Crippen LogP contribution in [0.4, 0.5) is 0 Å². The normalized spacial score (nSPS) is 20.8. The van der Waals surface area contributed by atoms with Crippen molar-refractivity contribution in [2.75, 3.05) is 6.54 Å². The van der Waals surface area contributed by atoms with Crippen LogP contribution in [0.2, 0.25) is 5.02 Å². The molecule has 1 atom stereocenters. The fourth-order valence-corrected chi connectivity index (χ4v) is 2.65. The lowest BCUT2D eigenvalue weighted by molar-refractivity contribution is -0.120. The Morgan fingerprint density at radius 2 is 2.21 bits per heavy atom. The largest absolute Gasteiger partial charge is 0.340 e. The van der Waals surface area contributed by atoms with E-state index < -0.39 is 6.04 Å². The van der Waals surface area contributed by atoms with Crippen molar-refractivity contribution < 1.29 is 4.79 Å². The van der Waals surface area contributed by atoms with Crippen molar-refractivity contribution in [1.29, 1.82) is 0 Å². The fraction of sp³-hybridized carbons (Fsp3) is 0.385. The Labute approximate surface area is 125 Å².